The van der Waals surface area contributed by atoms with E-state index in [2.05, 4.69) is 22.6 Å². The van der Waals surface area contributed by atoms with Gasteiger partial charge in [0.1, 0.15) is 0 Å². The fourth-order valence-corrected chi connectivity index (χ4v) is 2.32. The Morgan fingerprint density at radius 3 is 3.06 bits per heavy atom. The van der Waals surface area contributed by atoms with E-state index in [0.717, 1.165) is 24.7 Å². The zero-order valence-corrected chi connectivity index (χ0v) is 9.89. The average Bonchev–Trinajstić information content (AvgIpc) is 2.88. The maximum Gasteiger partial charge on any atom is 0.0962 e. The summed E-state index contributed by atoms with van der Waals surface area (Å²) in [6.07, 6.45) is 5.90. The Balaban J connectivity index is 1.67. The summed E-state index contributed by atoms with van der Waals surface area (Å²) in [5.74, 6) is 0.882. The second-order valence-electron chi connectivity index (χ2n) is 4.75. The molecule has 0 aliphatic heterocycles. The molecule has 1 heterocycles. The summed E-state index contributed by atoms with van der Waals surface area (Å²) in [4.78, 5) is 0. The number of hydrogen-bond donors (Lipinski definition) is 2. The van der Waals surface area contributed by atoms with Crippen molar-refractivity contribution in [1.29, 1.82) is 0 Å². The minimum atomic E-state index is 0.466. The molecule has 1 aromatic rings. The zero-order valence-electron chi connectivity index (χ0n) is 9.89. The predicted molar refractivity (Wildman–Crippen MR) is 62.7 cm³/mol. The van der Waals surface area contributed by atoms with Crippen molar-refractivity contribution in [1.82, 2.24) is 20.3 Å². The second-order valence-corrected chi connectivity index (χ2v) is 4.75. The number of nitrogens with two attached hydrogens (primary N) is 1. The highest BCUT2D eigenvalue weighted by atomic mass is 15.4. The molecule has 0 spiro atoms. The van der Waals surface area contributed by atoms with E-state index in [1.807, 2.05) is 10.9 Å². The van der Waals surface area contributed by atoms with Crippen LogP contribution in [0.4, 0.5) is 0 Å². The molecule has 0 amide bonds. The van der Waals surface area contributed by atoms with Crippen molar-refractivity contribution in [2.24, 2.45) is 11.7 Å². The van der Waals surface area contributed by atoms with Crippen molar-refractivity contribution < 1.29 is 0 Å². The largest absolute Gasteiger partial charge is 0.325 e. The van der Waals surface area contributed by atoms with Crippen LogP contribution in [-0.4, -0.2) is 27.6 Å². The Morgan fingerprint density at radius 1 is 1.56 bits per heavy atom. The molecule has 0 radical (unpaired) electrons. The molecule has 0 aromatic carbocycles. The summed E-state index contributed by atoms with van der Waals surface area (Å²) in [7, 11) is 0. The SMILES string of the molecule is CC1CCC(NCCn2cc(CN)nn2)C1. The van der Waals surface area contributed by atoms with Gasteiger partial charge in [0.2, 0.25) is 0 Å². The Labute approximate surface area is 96.4 Å². The number of hydrogen-bond acceptors (Lipinski definition) is 4. The van der Waals surface area contributed by atoms with Gasteiger partial charge < -0.3 is 11.1 Å². The van der Waals surface area contributed by atoms with Gasteiger partial charge in [-0.25, -0.2) is 0 Å². The lowest BCUT2D eigenvalue weighted by Crippen LogP contribution is -2.29. The molecule has 1 aromatic heterocycles. The smallest absolute Gasteiger partial charge is 0.0962 e. The summed E-state index contributed by atoms with van der Waals surface area (Å²) in [5, 5.41) is 11.5. The van der Waals surface area contributed by atoms with Gasteiger partial charge in [-0.1, -0.05) is 12.1 Å². The van der Waals surface area contributed by atoms with Crippen molar-refractivity contribution in [2.45, 2.75) is 45.3 Å². The highest BCUT2D eigenvalue weighted by molar-refractivity contribution is 4.90. The lowest BCUT2D eigenvalue weighted by atomic mass is 10.1. The highest BCUT2D eigenvalue weighted by Gasteiger charge is 2.20. The fourth-order valence-electron chi connectivity index (χ4n) is 2.32. The van der Waals surface area contributed by atoms with Crippen molar-refractivity contribution >= 4 is 0 Å². The van der Waals surface area contributed by atoms with Crippen LogP contribution in [-0.2, 0) is 13.1 Å². The number of aromatic nitrogens is 3. The van der Waals surface area contributed by atoms with E-state index in [4.69, 9.17) is 5.73 Å². The van der Waals surface area contributed by atoms with Crippen LogP contribution in [0.1, 0.15) is 31.9 Å². The van der Waals surface area contributed by atoms with Gasteiger partial charge in [-0.15, -0.1) is 5.10 Å². The first-order valence-corrected chi connectivity index (χ1v) is 6.10. The van der Waals surface area contributed by atoms with Crippen LogP contribution in [0.25, 0.3) is 0 Å². The van der Waals surface area contributed by atoms with E-state index in [0.29, 0.717) is 12.6 Å². The summed E-state index contributed by atoms with van der Waals surface area (Å²) in [6.45, 7) is 4.63. The minimum absolute atomic E-state index is 0.466. The van der Waals surface area contributed by atoms with E-state index in [-0.39, 0.29) is 0 Å². The van der Waals surface area contributed by atoms with Crippen molar-refractivity contribution in [3.63, 3.8) is 0 Å². The third-order valence-corrected chi connectivity index (χ3v) is 3.26. The molecule has 0 bridgehead atoms. The Hall–Kier alpha value is -0.940. The van der Waals surface area contributed by atoms with Gasteiger partial charge in [-0.2, -0.15) is 0 Å². The molecule has 1 fully saturated rings. The van der Waals surface area contributed by atoms with Crippen LogP contribution < -0.4 is 11.1 Å². The lowest BCUT2D eigenvalue weighted by Gasteiger charge is -2.11. The Morgan fingerprint density at radius 2 is 2.44 bits per heavy atom. The first kappa shape index (κ1) is 11.5. The summed E-state index contributed by atoms with van der Waals surface area (Å²) < 4.78 is 1.85. The molecule has 90 valence electrons. The third kappa shape index (κ3) is 3.02. The molecule has 5 heteroatoms. The molecule has 3 N–H and O–H groups in total. The molecule has 5 nitrogen and oxygen atoms in total. The fraction of sp³-hybridized carbons (Fsp3) is 0.818. The highest BCUT2D eigenvalue weighted by Crippen LogP contribution is 2.24. The van der Waals surface area contributed by atoms with Crippen LogP contribution in [0.15, 0.2) is 6.20 Å². The lowest BCUT2D eigenvalue weighted by molar-refractivity contribution is 0.464. The number of nitrogens with one attached hydrogen (secondary N) is 1. The minimum Gasteiger partial charge on any atom is -0.325 e. The quantitative estimate of drug-likeness (QED) is 0.763. The molecular weight excluding hydrogens is 202 g/mol. The Kier molecular flexibility index (Phi) is 3.90. The molecule has 1 saturated carbocycles. The second kappa shape index (κ2) is 5.41. The third-order valence-electron chi connectivity index (χ3n) is 3.26. The molecule has 1 aliphatic rings. The summed E-state index contributed by atoms with van der Waals surface area (Å²) in [5.41, 5.74) is 6.33. The van der Waals surface area contributed by atoms with Gasteiger partial charge in [0.15, 0.2) is 0 Å². The van der Waals surface area contributed by atoms with Gasteiger partial charge in [-0.3, -0.25) is 4.68 Å². The average molecular weight is 223 g/mol. The van der Waals surface area contributed by atoms with Crippen LogP contribution in [0.2, 0.25) is 0 Å². The number of rotatable bonds is 5. The van der Waals surface area contributed by atoms with Gasteiger partial charge in [0.05, 0.1) is 12.2 Å². The molecular formula is C11H21N5. The van der Waals surface area contributed by atoms with E-state index in [1.165, 1.54) is 19.3 Å². The van der Waals surface area contributed by atoms with Gasteiger partial charge in [-0.05, 0) is 25.2 Å². The molecule has 2 rings (SSSR count). The van der Waals surface area contributed by atoms with Gasteiger partial charge in [0, 0.05) is 25.3 Å². The first-order chi connectivity index (χ1) is 7.78. The normalized spacial score (nSPS) is 25.1. The predicted octanol–water partition coefficient (Wildman–Crippen LogP) is 0.515. The standard InChI is InChI=1S/C11H21N5/c1-9-2-3-10(6-9)13-4-5-16-8-11(7-12)14-15-16/h8-10,13H,2-7,12H2,1H3. The van der Waals surface area contributed by atoms with Gasteiger partial charge >= 0.3 is 0 Å². The van der Waals surface area contributed by atoms with Crippen molar-refractivity contribution in [2.75, 3.05) is 6.54 Å². The van der Waals surface area contributed by atoms with Crippen LogP contribution >= 0.6 is 0 Å². The topological polar surface area (TPSA) is 68.8 Å². The van der Waals surface area contributed by atoms with E-state index >= 15 is 0 Å². The monoisotopic (exact) mass is 223 g/mol. The molecule has 0 saturated heterocycles. The van der Waals surface area contributed by atoms with Crippen LogP contribution in [0.5, 0.6) is 0 Å². The van der Waals surface area contributed by atoms with Crippen molar-refractivity contribution in [3.05, 3.63) is 11.9 Å². The maximum absolute atomic E-state index is 5.48. The van der Waals surface area contributed by atoms with Crippen LogP contribution in [0, 0.1) is 5.92 Å². The molecule has 1 aliphatic carbocycles. The van der Waals surface area contributed by atoms with Gasteiger partial charge in [0.25, 0.3) is 0 Å². The first-order valence-electron chi connectivity index (χ1n) is 6.10. The molecule has 2 atom stereocenters. The van der Waals surface area contributed by atoms with E-state index in [9.17, 15) is 0 Å². The maximum atomic E-state index is 5.48. The molecule has 2 unspecified atom stereocenters. The summed E-state index contributed by atoms with van der Waals surface area (Å²) in [6, 6.07) is 0.701. The Bertz CT molecular complexity index is 322. The van der Waals surface area contributed by atoms with E-state index in [1.54, 1.807) is 0 Å². The van der Waals surface area contributed by atoms with E-state index < -0.39 is 0 Å². The zero-order chi connectivity index (χ0) is 11.4. The molecule has 16 heavy (non-hydrogen) atoms. The van der Waals surface area contributed by atoms with Crippen LogP contribution in [0.3, 0.4) is 0 Å². The summed E-state index contributed by atoms with van der Waals surface area (Å²) >= 11 is 0. The number of nitrogens with zero attached hydrogens (tertiary/aromatic N) is 3. The van der Waals surface area contributed by atoms with Crippen molar-refractivity contribution in [3.8, 4) is 0 Å².